The first-order valence-corrected chi connectivity index (χ1v) is 2.92. The SMILES string of the molecule is CNC=C1CCCO1. The zero-order valence-electron chi connectivity index (χ0n) is 5.11. The quantitative estimate of drug-likeness (QED) is 0.544. The lowest BCUT2D eigenvalue weighted by molar-refractivity contribution is 0.261. The van der Waals surface area contributed by atoms with Crippen LogP contribution in [-0.2, 0) is 4.74 Å². The van der Waals surface area contributed by atoms with Crippen molar-refractivity contribution in [3.05, 3.63) is 12.0 Å². The first-order valence-electron chi connectivity index (χ1n) is 2.92. The van der Waals surface area contributed by atoms with Gasteiger partial charge in [0.2, 0.25) is 0 Å². The van der Waals surface area contributed by atoms with Gasteiger partial charge in [0.25, 0.3) is 0 Å². The molecular weight excluding hydrogens is 102 g/mol. The Labute approximate surface area is 49.5 Å². The number of nitrogens with one attached hydrogen (secondary N) is 1. The van der Waals surface area contributed by atoms with Gasteiger partial charge in [-0.1, -0.05) is 0 Å². The average Bonchev–Trinajstić information content (AvgIpc) is 2.19. The Morgan fingerprint density at radius 1 is 1.75 bits per heavy atom. The number of ether oxygens (including phenoxy) is 1. The summed E-state index contributed by atoms with van der Waals surface area (Å²) in [5, 5.41) is 2.92. The summed E-state index contributed by atoms with van der Waals surface area (Å²) < 4.78 is 5.19. The van der Waals surface area contributed by atoms with Crippen LogP contribution in [0.5, 0.6) is 0 Å². The summed E-state index contributed by atoms with van der Waals surface area (Å²) in [5.41, 5.74) is 0. The molecule has 0 saturated carbocycles. The van der Waals surface area contributed by atoms with Crippen LogP contribution in [0.3, 0.4) is 0 Å². The van der Waals surface area contributed by atoms with Crippen LogP contribution in [0.4, 0.5) is 0 Å². The molecule has 0 spiro atoms. The van der Waals surface area contributed by atoms with Crippen LogP contribution < -0.4 is 5.32 Å². The molecule has 1 heterocycles. The molecule has 0 aromatic heterocycles. The molecule has 1 saturated heterocycles. The van der Waals surface area contributed by atoms with E-state index in [1.165, 1.54) is 6.42 Å². The van der Waals surface area contributed by atoms with E-state index in [1.807, 2.05) is 13.2 Å². The number of hydrogen-bond acceptors (Lipinski definition) is 2. The fourth-order valence-corrected chi connectivity index (χ4v) is 0.797. The fourth-order valence-electron chi connectivity index (χ4n) is 0.797. The molecule has 0 bridgehead atoms. The summed E-state index contributed by atoms with van der Waals surface area (Å²) in [6.45, 7) is 0.896. The molecule has 1 N–H and O–H groups in total. The predicted octanol–water partition coefficient (Wildman–Crippen LogP) is 0.858. The smallest absolute Gasteiger partial charge is 0.112 e. The molecule has 0 aromatic carbocycles. The average molecular weight is 113 g/mol. The van der Waals surface area contributed by atoms with Gasteiger partial charge in [0.15, 0.2) is 0 Å². The maximum atomic E-state index is 5.19. The van der Waals surface area contributed by atoms with Gasteiger partial charge in [-0.3, -0.25) is 0 Å². The van der Waals surface area contributed by atoms with Crippen molar-refractivity contribution in [2.75, 3.05) is 13.7 Å². The van der Waals surface area contributed by atoms with Crippen molar-refractivity contribution in [1.82, 2.24) is 5.32 Å². The standard InChI is InChI=1S/C6H11NO/c1-7-5-6-3-2-4-8-6/h5,7H,2-4H2,1H3. The van der Waals surface area contributed by atoms with Crippen LogP contribution in [0.2, 0.25) is 0 Å². The lowest BCUT2D eigenvalue weighted by Crippen LogP contribution is -1.94. The highest BCUT2D eigenvalue weighted by Gasteiger charge is 2.04. The van der Waals surface area contributed by atoms with Gasteiger partial charge < -0.3 is 10.1 Å². The monoisotopic (exact) mass is 113 g/mol. The third kappa shape index (κ3) is 1.15. The molecule has 1 rings (SSSR count). The molecule has 46 valence electrons. The number of hydrogen-bond donors (Lipinski definition) is 1. The van der Waals surface area contributed by atoms with Crippen molar-refractivity contribution >= 4 is 0 Å². The van der Waals surface area contributed by atoms with Gasteiger partial charge >= 0.3 is 0 Å². The molecule has 0 atom stereocenters. The lowest BCUT2D eigenvalue weighted by Gasteiger charge is -1.94. The third-order valence-corrected chi connectivity index (χ3v) is 1.16. The summed E-state index contributed by atoms with van der Waals surface area (Å²) in [5.74, 6) is 1.09. The minimum atomic E-state index is 0.896. The molecule has 1 fully saturated rings. The molecule has 2 heteroatoms. The second-order valence-electron chi connectivity index (χ2n) is 1.85. The van der Waals surface area contributed by atoms with Crippen LogP contribution in [0.25, 0.3) is 0 Å². The van der Waals surface area contributed by atoms with E-state index in [4.69, 9.17) is 4.74 Å². The van der Waals surface area contributed by atoms with E-state index < -0.39 is 0 Å². The minimum absolute atomic E-state index is 0.896. The first-order chi connectivity index (χ1) is 3.93. The van der Waals surface area contributed by atoms with Crippen LogP contribution in [0.1, 0.15) is 12.8 Å². The Balaban J connectivity index is 2.33. The van der Waals surface area contributed by atoms with Gasteiger partial charge in [-0.25, -0.2) is 0 Å². The van der Waals surface area contributed by atoms with Crippen molar-refractivity contribution in [2.45, 2.75) is 12.8 Å². The van der Waals surface area contributed by atoms with Crippen LogP contribution >= 0.6 is 0 Å². The summed E-state index contributed by atoms with van der Waals surface area (Å²) in [6.07, 6.45) is 4.18. The summed E-state index contributed by atoms with van der Waals surface area (Å²) in [6, 6.07) is 0. The van der Waals surface area contributed by atoms with Gasteiger partial charge in [0.05, 0.1) is 6.61 Å². The maximum absolute atomic E-state index is 5.19. The molecule has 1 aliphatic heterocycles. The minimum Gasteiger partial charge on any atom is -0.496 e. The molecule has 8 heavy (non-hydrogen) atoms. The lowest BCUT2D eigenvalue weighted by atomic mass is 10.3. The second-order valence-corrected chi connectivity index (χ2v) is 1.85. The topological polar surface area (TPSA) is 21.3 Å². The van der Waals surface area contributed by atoms with Crippen LogP contribution in [0.15, 0.2) is 12.0 Å². The van der Waals surface area contributed by atoms with Gasteiger partial charge in [-0.2, -0.15) is 0 Å². The Morgan fingerprint density at radius 2 is 2.62 bits per heavy atom. The molecule has 0 amide bonds. The highest BCUT2D eigenvalue weighted by molar-refractivity contribution is 4.93. The van der Waals surface area contributed by atoms with E-state index in [2.05, 4.69) is 5.32 Å². The Bertz CT molecular complexity index is 90.7. The number of allylic oxidation sites excluding steroid dienone is 1. The van der Waals surface area contributed by atoms with Gasteiger partial charge in [-0.15, -0.1) is 0 Å². The van der Waals surface area contributed by atoms with E-state index >= 15 is 0 Å². The van der Waals surface area contributed by atoms with Gasteiger partial charge in [0.1, 0.15) is 5.76 Å². The molecular formula is C6H11NO. The van der Waals surface area contributed by atoms with Crippen LogP contribution in [-0.4, -0.2) is 13.7 Å². The van der Waals surface area contributed by atoms with Crippen molar-refractivity contribution < 1.29 is 4.74 Å². The highest BCUT2D eigenvalue weighted by atomic mass is 16.5. The van der Waals surface area contributed by atoms with Crippen molar-refractivity contribution in [3.63, 3.8) is 0 Å². The molecule has 1 aliphatic rings. The Kier molecular flexibility index (Phi) is 1.78. The largest absolute Gasteiger partial charge is 0.496 e. The van der Waals surface area contributed by atoms with Crippen molar-refractivity contribution in [2.24, 2.45) is 0 Å². The normalized spacial score (nSPS) is 23.4. The van der Waals surface area contributed by atoms with Crippen molar-refractivity contribution in [3.8, 4) is 0 Å². The summed E-state index contributed by atoms with van der Waals surface area (Å²) >= 11 is 0. The van der Waals surface area contributed by atoms with Gasteiger partial charge in [0, 0.05) is 19.7 Å². The number of rotatable bonds is 1. The summed E-state index contributed by atoms with van der Waals surface area (Å²) in [7, 11) is 1.88. The maximum Gasteiger partial charge on any atom is 0.112 e. The molecule has 0 radical (unpaired) electrons. The second kappa shape index (κ2) is 2.60. The fraction of sp³-hybridized carbons (Fsp3) is 0.667. The first kappa shape index (κ1) is 5.48. The van der Waals surface area contributed by atoms with E-state index in [-0.39, 0.29) is 0 Å². The third-order valence-electron chi connectivity index (χ3n) is 1.16. The van der Waals surface area contributed by atoms with E-state index in [0.717, 1.165) is 18.8 Å². The van der Waals surface area contributed by atoms with E-state index in [0.29, 0.717) is 0 Å². The van der Waals surface area contributed by atoms with Crippen molar-refractivity contribution in [1.29, 1.82) is 0 Å². The van der Waals surface area contributed by atoms with Gasteiger partial charge in [-0.05, 0) is 6.42 Å². The van der Waals surface area contributed by atoms with Crippen LogP contribution in [0, 0.1) is 0 Å². The zero-order chi connectivity index (χ0) is 5.82. The molecule has 0 aliphatic carbocycles. The Morgan fingerprint density at radius 3 is 3.12 bits per heavy atom. The van der Waals surface area contributed by atoms with E-state index in [9.17, 15) is 0 Å². The van der Waals surface area contributed by atoms with E-state index in [1.54, 1.807) is 0 Å². The molecule has 2 nitrogen and oxygen atoms in total. The summed E-state index contributed by atoms with van der Waals surface area (Å²) in [4.78, 5) is 0. The molecule has 0 aromatic rings. The predicted molar refractivity (Wildman–Crippen MR) is 32.3 cm³/mol. The molecule has 0 unspecified atom stereocenters. The zero-order valence-corrected chi connectivity index (χ0v) is 5.11. The highest BCUT2D eigenvalue weighted by Crippen LogP contribution is 2.13. The Hall–Kier alpha value is -0.660.